The lowest BCUT2D eigenvalue weighted by Crippen LogP contribution is -2.60. The zero-order valence-corrected chi connectivity index (χ0v) is 11.3. The van der Waals surface area contributed by atoms with Gasteiger partial charge >= 0.3 is 6.03 Å². The number of hydrogen-bond acceptors (Lipinski definition) is 3. The molecule has 2 heterocycles. The van der Waals surface area contributed by atoms with Gasteiger partial charge < -0.3 is 4.74 Å². The van der Waals surface area contributed by atoms with Crippen LogP contribution in [-0.2, 0) is 4.74 Å². The SMILES string of the molecule is C#CCN1C(=O)NC(=N)C12CC(C)(C)OC2(C)C. The zero-order chi connectivity index (χ0) is 13.8. The van der Waals surface area contributed by atoms with Crippen LogP contribution < -0.4 is 5.32 Å². The van der Waals surface area contributed by atoms with Crippen molar-refractivity contribution in [2.45, 2.75) is 50.9 Å². The number of nitrogens with one attached hydrogen (secondary N) is 2. The van der Waals surface area contributed by atoms with Crippen LogP contribution in [0, 0.1) is 17.8 Å². The highest BCUT2D eigenvalue weighted by Crippen LogP contribution is 2.50. The number of amidine groups is 1. The number of hydrogen-bond donors (Lipinski definition) is 2. The van der Waals surface area contributed by atoms with E-state index in [0.29, 0.717) is 6.42 Å². The largest absolute Gasteiger partial charge is 0.367 e. The first-order valence-corrected chi connectivity index (χ1v) is 5.98. The van der Waals surface area contributed by atoms with Gasteiger partial charge in [-0.1, -0.05) is 5.92 Å². The Kier molecular flexibility index (Phi) is 2.50. The Morgan fingerprint density at radius 2 is 2.11 bits per heavy atom. The highest BCUT2D eigenvalue weighted by Gasteiger charge is 2.67. The number of amides is 2. The van der Waals surface area contributed by atoms with Crippen LogP contribution in [0.2, 0.25) is 0 Å². The van der Waals surface area contributed by atoms with Gasteiger partial charge in [-0.3, -0.25) is 15.6 Å². The van der Waals surface area contributed by atoms with Gasteiger partial charge in [0.2, 0.25) is 0 Å². The molecule has 0 aromatic rings. The summed E-state index contributed by atoms with van der Waals surface area (Å²) in [7, 11) is 0. The fraction of sp³-hybridized carbons (Fsp3) is 0.692. The van der Waals surface area contributed by atoms with Gasteiger partial charge in [-0.2, -0.15) is 0 Å². The first-order valence-electron chi connectivity index (χ1n) is 5.98. The quantitative estimate of drug-likeness (QED) is 0.689. The molecule has 0 aromatic heterocycles. The second-order valence-corrected chi connectivity index (χ2v) is 6.00. The van der Waals surface area contributed by atoms with Crippen LogP contribution in [0.25, 0.3) is 0 Å². The Morgan fingerprint density at radius 1 is 1.50 bits per heavy atom. The molecule has 0 saturated carbocycles. The number of carbonyl (C=O) groups excluding carboxylic acids is 1. The number of ether oxygens (including phenoxy) is 1. The maximum absolute atomic E-state index is 12.0. The third-order valence-electron chi connectivity index (χ3n) is 3.81. The van der Waals surface area contributed by atoms with Crippen LogP contribution in [0.1, 0.15) is 34.1 Å². The molecule has 18 heavy (non-hydrogen) atoms. The van der Waals surface area contributed by atoms with Gasteiger partial charge in [0.15, 0.2) is 0 Å². The second kappa shape index (κ2) is 3.48. The monoisotopic (exact) mass is 249 g/mol. The third-order valence-corrected chi connectivity index (χ3v) is 3.81. The van der Waals surface area contributed by atoms with Crippen LogP contribution in [0.4, 0.5) is 4.79 Å². The number of nitrogens with zero attached hydrogens (tertiary/aromatic N) is 1. The standard InChI is InChI=1S/C13H19N3O2/c1-6-7-16-10(17)15-9(14)13(16)8-11(2,3)18-12(13,4)5/h1H,7-8H2,2-5H3,(H2,14,15,17). The first kappa shape index (κ1) is 12.9. The van der Waals surface area contributed by atoms with E-state index in [1.54, 1.807) is 4.90 Å². The van der Waals surface area contributed by atoms with Crippen molar-refractivity contribution in [1.29, 1.82) is 5.41 Å². The Bertz CT molecular complexity index is 461. The summed E-state index contributed by atoms with van der Waals surface area (Å²) in [5.41, 5.74) is -1.83. The van der Waals surface area contributed by atoms with Gasteiger partial charge in [0, 0.05) is 6.42 Å². The summed E-state index contributed by atoms with van der Waals surface area (Å²) >= 11 is 0. The Morgan fingerprint density at radius 3 is 2.56 bits per heavy atom. The highest BCUT2D eigenvalue weighted by molar-refractivity contribution is 6.09. The second-order valence-electron chi connectivity index (χ2n) is 6.00. The number of carbonyl (C=O) groups is 1. The Labute approximate surface area is 107 Å². The molecule has 2 rings (SSSR count). The molecule has 2 aliphatic rings. The fourth-order valence-electron chi connectivity index (χ4n) is 3.33. The molecular weight excluding hydrogens is 230 g/mol. The molecule has 2 amide bonds. The van der Waals surface area contributed by atoms with Crippen molar-refractivity contribution in [3.8, 4) is 12.3 Å². The minimum absolute atomic E-state index is 0.178. The van der Waals surface area contributed by atoms with E-state index in [4.69, 9.17) is 16.6 Å². The first-order chi connectivity index (χ1) is 8.16. The van der Waals surface area contributed by atoms with E-state index in [9.17, 15) is 4.79 Å². The van der Waals surface area contributed by atoms with Crippen LogP contribution in [0.5, 0.6) is 0 Å². The molecule has 1 spiro atoms. The van der Waals surface area contributed by atoms with Crippen LogP contribution in [0.3, 0.4) is 0 Å². The van der Waals surface area contributed by atoms with Gasteiger partial charge in [0.25, 0.3) is 0 Å². The summed E-state index contributed by atoms with van der Waals surface area (Å²) in [6.45, 7) is 7.92. The van der Waals surface area contributed by atoms with E-state index in [1.165, 1.54) is 0 Å². The Hall–Kier alpha value is -1.54. The fourth-order valence-corrected chi connectivity index (χ4v) is 3.33. The van der Waals surface area contributed by atoms with E-state index < -0.39 is 16.7 Å². The number of terminal acetylenes is 1. The zero-order valence-electron chi connectivity index (χ0n) is 11.3. The molecule has 1 unspecified atom stereocenters. The molecule has 2 N–H and O–H groups in total. The average Bonchev–Trinajstić information content (AvgIpc) is 2.52. The van der Waals surface area contributed by atoms with Gasteiger partial charge in [-0.25, -0.2) is 4.79 Å². The summed E-state index contributed by atoms with van der Waals surface area (Å²) in [5.74, 6) is 2.67. The smallest absolute Gasteiger partial charge is 0.324 e. The summed E-state index contributed by atoms with van der Waals surface area (Å²) in [4.78, 5) is 13.5. The lowest BCUT2D eigenvalue weighted by Gasteiger charge is -2.40. The molecule has 5 nitrogen and oxygen atoms in total. The number of urea groups is 1. The predicted molar refractivity (Wildman–Crippen MR) is 68.4 cm³/mol. The summed E-state index contributed by atoms with van der Waals surface area (Å²) in [6.07, 6.45) is 5.90. The van der Waals surface area contributed by atoms with E-state index in [2.05, 4.69) is 11.2 Å². The molecule has 0 aromatic carbocycles. The van der Waals surface area contributed by atoms with Crippen molar-refractivity contribution in [1.82, 2.24) is 10.2 Å². The minimum atomic E-state index is -0.792. The molecule has 1 atom stereocenters. The van der Waals surface area contributed by atoms with E-state index >= 15 is 0 Å². The highest BCUT2D eigenvalue weighted by atomic mass is 16.5. The molecular formula is C13H19N3O2. The normalized spacial score (nSPS) is 32.7. The van der Waals surface area contributed by atoms with Crippen LogP contribution in [-0.4, -0.2) is 40.1 Å². The summed E-state index contributed by atoms with van der Waals surface area (Å²) in [5, 5.41) is 10.7. The summed E-state index contributed by atoms with van der Waals surface area (Å²) in [6, 6.07) is -0.313. The maximum Gasteiger partial charge on any atom is 0.324 e. The molecule has 0 aliphatic carbocycles. The van der Waals surface area contributed by atoms with Gasteiger partial charge in [-0.05, 0) is 27.7 Å². The van der Waals surface area contributed by atoms with E-state index in [0.717, 1.165) is 0 Å². The lowest BCUT2D eigenvalue weighted by molar-refractivity contribution is -0.0830. The average molecular weight is 249 g/mol. The molecule has 0 radical (unpaired) electrons. The Balaban J connectivity index is 2.54. The third kappa shape index (κ3) is 1.45. The topological polar surface area (TPSA) is 65.4 Å². The van der Waals surface area contributed by atoms with Crippen LogP contribution >= 0.6 is 0 Å². The van der Waals surface area contributed by atoms with Crippen molar-refractivity contribution in [3.63, 3.8) is 0 Å². The van der Waals surface area contributed by atoms with E-state index in [1.807, 2.05) is 27.7 Å². The minimum Gasteiger partial charge on any atom is -0.367 e. The van der Waals surface area contributed by atoms with Crippen molar-refractivity contribution in [3.05, 3.63) is 0 Å². The van der Waals surface area contributed by atoms with Gasteiger partial charge in [-0.15, -0.1) is 6.42 Å². The lowest BCUT2D eigenvalue weighted by atomic mass is 9.77. The van der Waals surface area contributed by atoms with Crippen molar-refractivity contribution >= 4 is 11.9 Å². The van der Waals surface area contributed by atoms with Gasteiger partial charge in [0.05, 0.1) is 17.7 Å². The summed E-state index contributed by atoms with van der Waals surface area (Å²) < 4.78 is 6.03. The predicted octanol–water partition coefficient (Wildman–Crippen LogP) is 1.34. The van der Waals surface area contributed by atoms with Crippen LogP contribution in [0.15, 0.2) is 0 Å². The van der Waals surface area contributed by atoms with E-state index in [-0.39, 0.29) is 18.4 Å². The molecule has 2 fully saturated rings. The molecule has 2 saturated heterocycles. The van der Waals surface area contributed by atoms with Crippen molar-refractivity contribution in [2.24, 2.45) is 0 Å². The maximum atomic E-state index is 12.0. The van der Waals surface area contributed by atoms with Gasteiger partial charge in [0.1, 0.15) is 11.4 Å². The molecule has 2 aliphatic heterocycles. The van der Waals surface area contributed by atoms with Crippen molar-refractivity contribution < 1.29 is 9.53 Å². The van der Waals surface area contributed by atoms with Crippen molar-refractivity contribution in [2.75, 3.05) is 6.54 Å². The molecule has 98 valence electrons. The number of rotatable bonds is 1. The molecule has 0 bridgehead atoms. The molecule has 5 heteroatoms.